The smallest absolute Gasteiger partial charge is 0.164 e. The second kappa shape index (κ2) is 11.2. The van der Waals surface area contributed by atoms with Crippen LogP contribution in [0.5, 0.6) is 0 Å². The Kier molecular flexibility index (Phi) is 3.64. The number of rotatable bonds is 5. The van der Waals surface area contributed by atoms with Crippen molar-refractivity contribution in [2.24, 2.45) is 0 Å². The molecule has 0 saturated carbocycles. The largest absolute Gasteiger partial charge is 0.456 e. The van der Waals surface area contributed by atoms with Gasteiger partial charge in [0, 0.05) is 27.5 Å². The van der Waals surface area contributed by atoms with E-state index in [0.717, 1.165) is 0 Å². The highest BCUT2D eigenvalue weighted by Gasteiger charge is 2.16. The maximum absolute atomic E-state index is 9.59. The molecule has 0 amide bonds. The standard InChI is InChI=1S/C43H27N3O/c1-3-11-28(12-4-1)30-21-22-32-26-35(24-23-31(32)25-30)43-45-41(29-13-5-2-6-14-29)44-42(46-43)34-16-9-15-33(27-34)36-18-10-20-39-40(36)37-17-7-8-19-38(37)47-39/h1-27H/i1D,3D,4D,7D,8D,9D,10D,11D,12D,15D,16D,17D,18D,19D,20D,27D. The fourth-order valence-electron chi connectivity index (χ4n) is 5.40. The van der Waals surface area contributed by atoms with Crippen LogP contribution in [-0.2, 0) is 0 Å². The van der Waals surface area contributed by atoms with Gasteiger partial charge in [0.1, 0.15) is 11.2 Å². The van der Waals surface area contributed by atoms with Gasteiger partial charge in [0.25, 0.3) is 0 Å². The Balaban J connectivity index is 1.29. The van der Waals surface area contributed by atoms with E-state index in [2.05, 4.69) is 4.98 Å². The zero-order valence-corrected chi connectivity index (χ0v) is 24.1. The second-order valence-corrected chi connectivity index (χ2v) is 10.5. The van der Waals surface area contributed by atoms with E-state index < -0.39 is 90.2 Å². The van der Waals surface area contributed by atoms with Gasteiger partial charge in [0.2, 0.25) is 0 Å². The molecule has 0 radical (unpaired) electrons. The van der Waals surface area contributed by atoms with Crippen molar-refractivity contribution in [1.82, 2.24) is 15.0 Å². The van der Waals surface area contributed by atoms with Crippen LogP contribution in [0.15, 0.2) is 168 Å². The highest BCUT2D eigenvalue weighted by atomic mass is 16.3. The van der Waals surface area contributed by atoms with E-state index in [9.17, 15) is 1.37 Å². The normalized spacial score (nSPS) is 16.2. The molecule has 9 aromatic rings. The molecule has 0 aliphatic rings. The van der Waals surface area contributed by atoms with E-state index in [1.807, 2.05) is 0 Å². The molecule has 0 saturated heterocycles. The number of para-hydroxylation sites is 1. The Labute approximate surface area is 294 Å². The van der Waals surface area contributed by atoms with Crippen molar-refractivity contribution in [3.05, 3.63) is 163 Å². The lowest BCUT2D eigenvalue weighted by Gasteiger charge is -2.11. The maximum Gasteiger partial charge on any atom is 0.164 e. The lowest BCUT2D eigenvalue weighted by molar-refractivity contribution is 0.669. The van der Waals surface area contributed by atoms with E-state index >= 15 is 0 Å². The Hall–Kier alpha value is -6.39. The second-order valence-electron chi connectivity index (χ2n) is 10.5. The Morgan fingerprint density at radius 2 is 1.06 bits per heavy atom. The molecule has 0 fully saturated rings. The highest BCUT2D eigenvalue weighted by Crippen LogP contribution is 2.38. The first kappa shape index (κ1) is 15.3. The Bertz CT molecular complexity index is 3460. The van der Waals surface area contributed by atoms with Crippen LogP contribution in [-0.4, -0.2) is 15.0 Å². The first-order valence-electron chi connectivity index (χ1n) is 22.4. The number of hydrogen-bond donors (Lipinski definition) is 0. The first-order chi connectivity index (χ1) is 29.9. The minimum absolute atomic E-state index is 0.0454. The number of aromatic nitrogens is 3. The summed E-state index contributed by atoms with van der Waals surface area (Å²) in [6.07, 6.45) is 0. The van der Waals surface area contributed by atoms with Crippen molar-refractivity contribution in [2.75, 3.05) is 0 Å². The average Bonchev–Trinajstić information content (AvgIpc) is 3.69. The monoisotopic (exact) mass is 617 g/mol. The van der Waals surface area contributed by atoms with Gasteiger partial charge >= 0.3 is 0 Å². The summed E-state index contributed by atoms with van der Waals surface area (Å²) in [5.41, 5.74) is -0.523. The molecule has 4 heteroatoms. The van der Waals surface area contributed by atoms with Crippen molar-refractivity contribution >= 4 is 32.7 Å². The molecule has 4 nitrogen and oxygen atoms in total. The third kappa shape index (κ3) is 4.93. The van der Waals surface area contributed by atoms with Crippen molar-refractivity contribution in [3.8, 4) is 56.4 Å². The van der Waals surface area contributed by atoms with Crippen LogP contribution in [0.1, 0.15) is 21.9 Å². The number of furan rings is 1. The van der Waals surface area contributed by atoms with Gasteiger partial charge < -0.3 is 4.42 Å². The Morgan fingerprint density at radius 1 is 0.447 bits per heavy atom. The van der Waals surface area contributed by atoms with Gasteiger partial charge in [0.05, 0.1) is 21.9 Å². The van der Waals surface area contributed by atoms with Gasteiger partial charge in [-0.15, -0.1) is 0 Å². The minimum Gasteiger partial charge on any atom is -0.456 e. The third-order valence-electron chi connectivity index (χ3n) is 7.60. The molecule has 47 heavy (non-hydrogen) atoms. The van der Waals surface area contributed by atoms with Crippen molar-refractivity contribution in [3.63, 3.8) is 0 Å². The van der Waals surface area contributed by atoms with Gasteiger partial charge in [0.15, 0.2) is 17.5 Å². The van der Waals surface area contributed by atoms with Crippen molar-refractivity contribution in [2.45, 2.75) is 0 Å². The number of nitrogens with zero attached hydrogens (tertiary/aromatic N) is 3. The summed E-state index contributed by atoms with van der Waals surface area (Å²) < 4.78 is 144. The molecular formula is C43H27N3O. The first-order valence-corrected chi connectivity index (χ1v) is 14.4. The van der Waals surface area contributed by atoms with Gasteiger partial charge in [-0.1, -0.05) is 133 Å². The summed E-state index contributed by atoms with van der Waals surface area (Å²) in [4.78, 5) is 14.1. The van der Waals surface area contributed by atoms with Crippen molar-refractivity contribution < 1.29 is 26.3 Å². The van der Waals surface area contributed by atoms with Crippen molar-refractivity contribution in [1.29, 1.82) is 0 Å². The van der Waals surface area contributed by atoms with Crippen LogP contribution in [0.4, 0.5) is 0 Å². The van der Waals surface area contributed by atoms with E-state index in [0.29, 0.717) is 27.5 Å². The molecule has 220 valence electrons. The fourth-order valence-corrected chi connectivity index (χ4v) is 5.40. The molecule has 0 unspecified atom stereocenters. The molecule has 2 heterocycles. The molecule has 0 bridgehead atoms. The predicted octanol–water partition coefficient (Wildman–Crippen LogP) is 11.3. The average molecular weight is 618 g/mol. The SMILES string of the molecule is [2H]c1c([2H])c([2H])c(-c2ccc3cc(-c4nc(-c5ccccc5)nc(-c5c([2H])c([2H])c([2H])c(-c6c([2H])c([2H])c([2H])c7oc8c([2H])c([2H])c([2H])c([2H])c8c67)c5[2H])n4)ccc3c2)c([2H])c1[2H]. The van der Waals surface area contributed by atoms with Gasteiger partial charge in [-0.25, -0.2) is 15.0 Å². The van der Waals surface area contributed by atoms with E-state index in [4.69, 9.17) is 34.9 Å². The number of fused-ring (bicyclic) bond motifs is 4. The summed E-state index contributed by atoms with van der Waals surface area (Å²) in [5.74, 6) is -0.0728. The fraction of sp³-hybridized carbons (Fsp3) is 0. The molecule has 7 aromatic carbocycles. The van der Waals surface area contributed by atoms with Crippen LogP contribution >= 0.6 is 0 Å². The number of hydrogen-bond acceptors (Lipinski definition) is 4. The van der Waals surface area contributed by atoms with Crippen LogP contribution < -0.4 is 0 Å². The summed E-state index contributed by atoms with van der Waals surface area (Å²) in [7, 11) is 0. The Morgan fingerprint density at radius 3 is 1.89 bits per heavy atom. The minimum atomic E-state index is -0.705. The summed E-state index contributed by atoms with van der Waals surface area (Å²) in [6, 6.07) is 9.80. The van der Waals surface area contributed by atoms with Crippen LogP contribution in [0, 0.1) is 0 Å². The molecule has 0 N–H and O–H groups in total. The van der Waals surface area contributed by atoms with Crippen LogP contribution in [0.2, 0.25) is 0 Å². The van der Waals surface area contributed by atoms with Crippen LogP contribution in [0.3, 0.4) is 0 Å². The molecule has 0 aliphatic carbocycles. The number of benzene rings is 7. The van der Waals surface area contributed by atoms with Gasteiger partial charge in [-0.05, 0) is 63.3 Å². The topological polar surface area (TPSA) is 51.8 Å². The van der Waals surface area contributed by atoms with Gasteiger partial charge in [-0.3, -0.25) is 0 Å². The molecule has 9 rings (SSSR count). The van der Waals surface area contributed by atoms with E-state index in [-0.39, 0.29) is 68.2 Å². The molecular weight excluding hydrogens is 574 g/mol. The third-order valence-corrected chi connectivity index (χ3v) is 7.60. The van der Waals surface area contributed by atoms with E-state index in [1.54, 1.807) is 66.7 Å². The maximum atomic E-state index is 9.59. The zero-order chi connectivity index (χ0) is 45.1. The molecule has 2 aromatic heterocycles. The predicted molar refractivity (Wildman–Crippen MR) is 192 cm³/mol. The molecule has 0 aliphatic heterocycles. The zero-order valence-electron chi connectivity index (χ0n) is 40.1. The quantitative estimate of drug-likeness (QED) is 0.193. The molecule has 0 atom stereocenters. The lowest BCUT2D eigenvalue weighted by Crippen LogP contribution is -2.00. The summed E-state index contributed by atoms with van der Waals surface area (Å²) in [6.45, 7) is 0. The molecule has 0 spiro atoms. The summed E-state index contributed by atoms with van der Waals surface area (Å²) in [5, 5.41) is 0.823. The van der Waals surface area contributed by atoms with E-state index in [1.165, 1.54) is 0 Å². The lowest BCUT2D eigenvalue weighted by atomic mass is 9.97. The van der Waals surface area contributed by atoms with Crippen LogP contribution in [0.25, 0.3) is 89.1 Å². The summed E-state index contributed by atoms with van der Waals surface area (Å²) >= 11 is 0. The van der Waals surface area contributed by atoms with Gasteiger partial charge in [-0.2, -0.15) is 0 Å². The highest BCUT2D eigenvalue weighted by molar-refractivity contribution is 6.12.